The first-order chi connectivity index (χ1) is 7.24. The van der Waals surface area contributed by atoms with Crippen molar-refractivity contribution in [2.45, 2.75) is 6.92 Å². The second-order valence-corrected chi connectivity index (χ2v) is 3.70. The molecule has 2 heterocycles. The lowest BCUT2D eigenvalue weighted by atomic mass is 10.3. The molecule has 1 N–H and O–H groups in total. The van der Waals surface area contributed by atoms with Crippen LogP contribution in [0, 0.1) is 0 Å². The lowest BCUT2D eigenvalue weighted by Crippen LogP contribution is -2.14. The SMILES string of the molecule is CCOC(=O)c1n[nH]c(=O)c2ccsc12. The van der Waals surface area contributed by atoms with Crippen molar-refractivity contribution in [3.63, 3.8) is 0 Å². The van der Waals surface area contributed by atoms with Gasteiger partial charge in [-0.2, -0.15) is 5.10 Å². The summed E-state index contributed by atoms with van der Waals surface area (Å²) in [5.41, 5.74) is -0.124. The van der Waals surface area contributed by atoms with Crippen LogP contribution in [0.25, 0.3) is 10.1 Å². The van der Waals surface area contributed by atoms with Crippen molar-refractivity contribution in [1.29, 1.82) is 0 Å². The summed E-state index contributed by atoms with van der Waals surface area (Å²) in [6.45, 7) is 2.00. The van der Waals surface area contributed by atoms with Gasteiger partial charge in [-0.05, 0) is 18.4 Å². The Balaban J connectivity index is 2.62. The Morgan fingerprint density at radius 1 is 1.67 bits per heavy atom. The Morgan fingerprint density at radius 3 is 3.20 bits per heavy atom. The standard InChI is InChI=1S/C9H8N2O3S/c1-2-14-9(13)6-7-5(3-4-15-7)8(12)11-10-6/h3-4H,2H2,1H3,(H,11,12). The molecule has 0 radical (unpaired) electrons. The number of nitrogens with one attached hydrogen (secondary N) is 1. The van der Waals surface area contributed by atoms with Crippen LogP contribution < -0.4 is 5.56 Å². The highest BCUT2D eigenvalue weighted by molar-refractivity contribution is 7.17. The number of aromatic amines is 1. The van der Waals surface area contributed by atoms with Gasteiger partial charge < -0.3 is 4.74 Å². The minimum atomic E-state index is -0.513. The summed E-state index contributed by atoms with van der Waals surface area (Å²) in [7, 11) is 0. The van der Waals surface area contributed by atoms with E-state index in [0.717, 1.165) is 0 Å². The van der Waals surface area contributed by atoms with Crippen LogP contribution in [-0.2, 0) is 4.74 Å². The van der Waals surface area contributed by atoms with Gasteiger partial charge in [0.25, 0.3) is 5.56 Å². The van der Waals surface area contributed by atoms with Crippen molar-refractivity contribution in [3.05, 3.63) is 27.5 Å². The first-order valence-corrected chi connectivity index (χ1v) is 5.25. The molecule has 0 unspecified atom stereocenters. The molecule has 0 atom stereocenters. The number of ether oxygens (including phenoxy) is 1. The fourth-order valence-corrected chi connectivity index (χ4v) is 2.10. The third-order valence-electron chi connectivity index (χ3n) is 1.86. The lowest BCUT2D eigenvalue weighted by Gasteiger charge is -2.00. The zero-order valence-electron chi connectivity index (χ0n) is 7.94. The zero-order valence-corrected chi connectivity index (χ0v) is 8.76. The molecule has 6 heteroatoms. The highest BCUT2D eigenvalue weighted by atomic mass is 32.1. The van der Waals surface area contributed by atoms with Crippen LogP contribution in [0.5, 0.6) is 0 Å². The number of H-pyrrole nitrogens is 1. The van der Waals surface area contributed by atoms with Gasteiger partial charge in [-0.1, -0.05) is 0 Å². The van der Waals surface area contributed by atoms with Crippen molar-refractivity contribution in [1.82, 2.24) is 10.2 Å². The van der Waals surface area contributed by atoms with Crippen LogP contribution in [-0.4, -0.2) is 22.8 Å². The summed E-state index contributed by atoms with van der Waals surface area (Å²) < 4.78 is 5.40. The van der Waals surface area contributed by atoms with E-state index in [0.29, 0.717) is 10.1 Å². The average Bonchev–Trinajstić information content (AvgIpc) is 2.68. The molecule has 0 spiro atoms. The molecule has 0 amide bonds. The summed E-state index contributed by atoms with van der Waals surface area (Å²) in [5.74, 6) is -0.513. The van der Waals surface area contributed by atoms with E-state index in [2.05, 4.69) is 10.2 Å². The van der Waals surface area contributed by atoms with E-state index in [1.165, 1.54) is 11.3 Å². The number of thiophene rings is 1. The van der Waals surface area contributed by atoms with E-state index in [9.17, 15) is 9.59 Å². The number of carbonyl (C=O) groups is 1. The van der Waals surface area contributed by atoms with Gasteiger partial charge in [0.2, 0.25) is 0 Å². The predicted octanol–water partition coefficient (Wildman–Crippen LogP) is 1.16. The number of carbonyl (C=O) groups excluding carboxylic acids is 1. The summed E-state index contributed by atoms with van der Waals surface area (Å²) in [5, 5.41) is 8.17. The minimum absolute atomic E-state index is 0.168. The Bertz CT molecular complexity index is 558. The molecule has 78 valence electrons. The second-order valence-electron chi connectivity index (χ2n) is 2.79. The fourth-order valence-electron chi connectivity index (χ4n) is 1.23. The van der Waals surface area contributed by atoms with Crippen molar-refractivity contribution >= 4 is 27.4 Å². The number of nitrogens with zero attached hydrogens (tertiary/aromatic N) is 1. The van der Waals surface area contributed by atoms with Crippen LogP contribution in [0.3, 0.4) is 0 Å². The molecule has 0 fully saturated rings. The van der Waals surface area contributed by atoms with Crippen molar-refractivity contribution in [2.24, 2.45) is 0 Å². The van der Waals surface area contributed by atoms with Gasteiger partial charge in [0.15, 0.2) is 5.69 Å². The van der Waals surface area contributed by atoms with E-state index in [-0.39, 0.29) is 17.9 Å². The van der Waals surface area contributed by atoms with E-state index in [1.54, 1.807) is 18.4 Å². The molecule has 15 heavy (non-hydrogen) atoms. The van der Waals surface area contributed by atoms with Gasteiger partial charge in [-0.15, -0.1) is 11.3 Å². The topological polar surface area (TPSA) is 72.0 Å². The third-order valence-corrected chi connectivity index (χ3v) is 2.78. The molecule has 2 aromatic rings. The Kier molecular flexibility index (Phi) is 2.51. The van der Waals surface area contributed by atoms with Crippen molar-refractivity contribution in [2.75, 3.05) is 6.61 Å². The molecule has 0 bridgehead atoms. The average molecular weight is 224 g/mol. The van der Waals surface area contributed by atoms with E-state index >= 15 is 0 Å². The maximum atomic E-state index is 11.5. The smallest absolute Gasteiger partial charge is 0.360 e. The quantitative estimate of drug-likeness (QED) is 0.777. The zero-order chi connectivity index (χ0) is 10.8. The van der Waals surface area contributed by atoms with Crippen LogP contribution >= 0.6 is 11.3 Å². The molecule has 2 rings (SSSR count). The normalized spacial score (nSPS) is 10.5. The molecule has 2 aromatic heterocycles. The van der Waals surface area contributed by atoms with Gasteiger partial charge >= 0.3 is 5.97 Å². The van der Waals surface area contributed by atoms with Crippen LogP contribution in [0.15, 0.2) is 16.2 Å². The molecule has 0 saturated carbocycles. The first kappa shape index (κ1) is 9.85. The van der Waals surface area contributed by atoms with Gasteiger partial charge in [0, 0.05) is 0 Å². The maximum absolute atomic E-state index is 11.5. The Morgan fingerprint density at radius 2 is 2.47 bits per heavy atom. The number of hydrogen-bond donors (Lipinski definition) is 1. The summed E-state index contributed by atoms with van der Waals surface area (Å²) in [4.78, 5) is 22.8. The summed E-state index contributed by atoms with van der Waals surface area (Å²) in [6, 6.07) is 1.66. The van der Waals surface area contributed by atoms with Crippen LogP contribution in [0.4, 0.5) is 0 Å². The summed E-state index contributed by atoms with van der Waals surface area (Å²) in [6.07, 6.45) is 0. The van der Waals surface area contributed by atoms with E-state index in [1.807, 2.05) is 0 Å². The number of fused-ring (bicyclic) bond motifs is 1. The van der Waals surface area contributed by atoms with Gasteiger partial charge in [0.1, 0.15) is 0 Å². The van der Waals surface area contributed by atoms with Crippen LogP contribution in [0.2, 0.25) is 0 Å². The number of hydrogen-bond acceptors (Lipinski definition) is 5. The van der Waals surface area contributed by atoms with Gasteiger partial charge in [-0.25, -0.2) is 9.89 Å². The van der Waals surface area contributed by atoms with E-state index < -0.39 is 5.97 Å². The molecular formula is C9H8N2O3S. The Labute approximate surface area is 88.7 Å². The number of esters is 1. The molecule has 0 aliphatic rings. The Hall–Kier alpha value is -1.69. The minimum Gasteiger partial charge on any atom is -0.461 e. The first-order valence-electron chi connectivity index (χ1n) is 4.37. The monoisotopic (exact) mass is 224 g/mol. The predicted molar refractivity (Wildman–Crippen MR) is 56.2 cm³/mol. The molecule has 0 aromatic carbocycles. The molecule has 0 aliphatic heterocycles. The fraction of sp³-hybridized carbons (Fsp3) is 0.222. The third kappa shape index (κ3) is 1.63. The largest absolute Gasteiger partial charge is 0.461 e. The molecule has 0 aliphatic carbocycles. The molecule has 5 nitrogen and oxygen atoms in total. The second kappa shape index (κ2) is 3.82. The molecular weight excluding hydrogens is 216 g/mol. The highest BCUT2D eigenvalue weighted by Crippen LogP contribution is 2.20. The van der Waals surface area contributed by atoms with E-state index in [4.69, 9.17) is 4.74 Å². The summed E-state index contributed by atoms with van der Waals surface area (Å²) >= 11 is 1.30. The van der Waals surface area contributed by atoms with Crippen LogP contribution in [0.1, 0.15) is 17.4 Å². The number of rotatable bonds is 2. The maximum Gasteiger partial charge on any atom is 0.360 e. The van der Waals surface area contributed by atoms with Gasteiger partial charge in [0.05, 0.1) is 16.7 Å². The number of aromatic nitrogens is 2. The molecule has 0 saturated heterocycles. The van der Waals surface area contributed by atoms with Crippen molar-refractivity contribution in [3.8, 4) is 0 Å². The van der Waals surface area contributed by atoms with Gasteiger partial charge in [-0.3, -0.25) is 4.79 Å². The van der Waals surface area contributed by atoms with Crippen molar-refractivity contribution < 1.29 is 9.53 Å². The lowest BCUT2D eigenvalue weighted by molar-refractivity contribution is 0.0521. The highest BCUT2D eigenvalue weighted by Gasteiger charge is 2.15.